The minimum Gasteiger partial charge on any atom is -0.304 e. The Labute approximate surface area is 101 Å². The summed E-state index contributed by atoms with van der Waals surface area (Å²) in [5, 5.41) is -0.146. The van der Waals surface area contributed by atoms with Crippen molar-refractivity contribution in [1.29, 1.82) is 0 Å². The maximum atomic E-state index is 6.59. The highest BCUT2D eigenvalue weighted by Gasteiger charge is 2.39. The van der Waals surface area contributed by atoms with E-state index in [0.29, 0.717) is 0 Å². The van der Waals surface area contributed by atoms with Gasteiger partial charge in [0.25, 0.3) is 0 Å². The van der Waals surface area contributed by atoms with Crippen LogP contribution in [0.1, 0.15) is 0 Å². The first kappa shape index (κ1) is 11.5. The first-order valence-electron chi connectivity index (χ1n) is 5.25. The molecule has 0 N–H and O–H groups in total. The van der Waals surface area contributed by atoms with Crippen molar-refractivity contribution in [2.24, 2.45) is 0 Å². The van der Waals surface area contributed by atoms with Crippen molar-refractivity contribution in [3.63, 3.8) is 0 Å². The minimum atomic E-state index is -0.530. The number of likely N-dealkylation sites (N-methyl/N-ethyl adjacent to an activating group) is 1. The Morgan fingerprint density at radius 2 is 1.87 bits per heavy atom. The molecule has 1 aliphatic carbocycles. The lowest BCUT2D eigenvalue weighted by molar-refractivity contribution is 0.113. The van der Waals surface area contributed by atoms with Gasteiger partial charge in [-0.1, -0.05) is 29.8 Å². The smallest absolute Gasteiger partial charge is 0.135 e. The van der Waals surface area contributed by atoms with Gasteiger partial charge in [0, 0.05) is 26.2 Å². The number of rotatable bonds is 1. The van der Waals surface area contributed by atoms with Crippen LogP contribution < -0.4 is 0 Å². The number of alkyl halides is 2. The molecule has 1 fully saturated rings. The number of halogens is 2. The Bertz CT molecular complexity index is 282. The summed E-state index contributed by atoms with van der Waals surface area (Å²) < 4.78 is 0. The van der Waals surface area contributed by atoms with Crippen molar-refractivity contribution >= 4 is 23.2 Å². The van der Waals surface area contributed by atoms with Crippen LogP contribution in [0.25, 0.3) is 0 Å². The summed E-state index contributed by atoms with van der Waals surface area (Å²) in [6.45, 7) is 4.05. The fourth-order valence-electron chi connectivity index (χ4n) is 2.01. The van der Waals surface area contributed by atoms with Crippen LogP contribution in [0.5, 0.6) is 0 Å². The van der Waals surface area contributed by atoms with Gasteiger partial charge in [0.05, 0.1) is 5.38 Å². The fourth-order valence-corrected chi connectivity index (χ4v) is 2.62. The molecule has 2 rings (SSSR count). The molecule has 15 heavy (non-hydrogen) atoms. The Morgan fingerprint density at radius 1 is 1.20 bits per heavy atom. The molecular weight excluding hydrogens is 231 g/mol. The highest BCUT2D eigenvalue weighted by Crippen LogP contribution is 2.34. The highest BCUT2D eigenvalue weighted by atomic mass is 35.5. The van der Waals surface area contributed by atoms with Gasteiger partial charge in [-0.2, -0.15) is 0 Å². The van der Waals surface area contributed by atoms with Crippen LogP contribution in [0.3, 0.4) is 0 Å². The van der Waals surface area contributed by atoms with E-state index in [9.17, 15) is 0 Å². The first-order valence-corrected chi connectivity index (χ1v) is 6.07. The molecule has 0 radical (unpaired) electrons. The highest BCUT2D eigenvalue weighted by molar-refractivity contribution is 6.34. The van der Waals surface area contributed by atoms with Gasteiger partial charge in [-0.15, -0.1) is 11.6 Å². The monoisotopic (exact) mass is 246 g/mol. The predicted octanol–water partition coefficient (Wildman–Crippen LogP) is 1.90. The van der Waals surface area contributed by atoms with E-state index >= 15 is 0 Å². The predicted molar refractivity (Wildman–Crippen MR) is 65.6 cm³/mol. The molecule has 0 bridgehead atoms. The second-order valence-corrected chi connectivity index (χ2v) is 5.24. The third-order valence-electron chi connectivity index (χ3n) is 3.10. The van der Waals surface area contributed by atoms with E-state index in [1.165, 1.54) is 0 Å². The quantitative estimate of drug-likeness (QED) is 0.516. The van der Waals surface area contributed by atoms with E-state index in [0.717, 1.165) is 26.2 Å². The van der Waals surface area contributed by atoms with Gasteiger partial charge in [-0.25, -0.2) is 0 Å². The SMILES string of the molecule is CN1CCN(C2(Cl)C=CC=CC2Cl)CC1. The summed E-state index contributed by atoms with van der Waals surface area (Å²) in [6, 6.07) is 0. The Balaban J connectivity index is 2.09. The average Bonchev–Trinajstić information content (AvgIpc) is 2.23. The Kier molecular flexibility index (Phi) is 3.41. The molecule has 0 saturated carbocycles. The molecule has 84 valence electrons. The normalized spacial score (nSPS) is 38.5. The van der Waals surface area contributed by atoms with Crippen LogP contribution in [-0.2, 0) is 0 Å². The molecule has 2 unspecified atom stereocenters. The third kappa shape index (κ3) is 2.23. The van der Waals surface area contributed by atoms with Gasteiger partial charge in [-0.3, -0.25) is 4.90 Å². The lowest BCUT2D eigenvalue weighted by atomic mass is 10.0. The van der Waals surface area contributed by atoms with Crippen LogP contribution in [0.15, 0.2) is 24.3 Å². The van der Waals surface area contributed by atoms with Crippen LogP contribution in [0.4, 0.5) is 0 Å². The van der Waals surface area contributed by atoms with Crippen molar-refractivity contribution < 1.29 is 0 Å². The van der Waals surface area contributed by atoms with E-state index in [2.05, 4.69) is 16.8 Å². The largest absolute Gasteiger partial charge is 0.304 e. The number of hydrogen-bond acceptors (Lipinski definition) is 2. The number of hydrogen-bond donors (Lipinski definition) is 0. The molecule has 0 spiro atoms. The summed E-state index contributed by atoms with van der Waals surface area (Å²) >= 11 is 12.9. The zero-order valence-electron chi connectivity index (χ0n) is 8.87. The molecule has 1 saturated heterocycles. The third-order valence-corrected chi connectivity index (χ3v) is 4.29. The summed E-state index contributed by atoms with van der Waals surface area (Å²) in [4.78, 5) is 4.03. The molecule has 0 amide bonds. The van der Waals surface area contributed by atoms with Crippen molar-refractivity contribution in [2.75, 3.05) is 33.2 Å². The van der Waals surface area contributed by atoms with Crippen molar-refractivity contribution in [3.8, 4) is 0 Å². The van der Waals surface area contributed by atoms with E-state index in [-0.39, 0.29) is 5.38 Å². The zero-order valence-corrected chi connectivity index (χ0v) is 10.4. The molecule has 1 heterocycles. The number of nitrogens with zero attached hydrogens (tertiary/aromatic N) is 2. The van der Waals surface area contributed by atoms with E-state index < -0.39 is 5.00 Å². The summed E-state index contributed by atoms with van der Waals surface area (Å²) in [7, 11) is 2.13. The molecule has 2 aliphatic rings. The summed E-state index contributed by atoms with van der Waals surface area (Å²) in [5.74, 6) is 0. The molecule has 0 aromatic heterocycles. The van der Waals surface area contributed by atoms with Crippen LogP contribution in [-0.4, -0.2) is 53.4 Å². The standard InChI is InChI=1S/C11H16Cl2N2/c1-14-6-8-15(9-7-14)11(13)5-3-2-4-10(11)12/h2-5,10H,6-9H2,1H3. The van der Waals surface area contributed by atoms with Crippen molar-refractivity contribution in [3.05, 3.63) is 24.3 Å². The first-order chi connectivity index (χ1) is 7.13. The van der Waals surface area contributed by atoms with Gasteiger partial charge >= 0.3 is 0 Å². The molecule has 2 nitrogen and oxygen atoms in total. The van der Waals surface area contributed by atoms with E-state index in [4.69, 9.17) is 23.2 Å². The van der Waals surface area contributed by atoms with Crippen molar-refractivity contribution in [2.45, 2.75) is 10.4 Å². The summed E-state index contributed by atoms with van der Waals surface area (Å²) in [5.41, 5.74) is 0. The van der Waals surface area contributed by atoms with Crippen molar-refractivity contribution in [1.82, 2.24) is 9.80 Å². The lowest BCUT2D eigenvalue weighted by Gasteiger charge is -2.44. The van der Waals surface area contributed by atoms with Gasteiger partial charge in [-0.05, 0) is 13.1 Å². The van der Waals surface area contributed by atoms with E-state index in [1.54, 1.807) is 0 Å². The maximum absolute atomic E-state index is 6.59. The second-order valence-electron chi connectivity index (χ2n) is 4.16. The van der Waals surface area contributed by atoms with Gasteiger partial charge in [0.15, 0.2) is 0 Å². The molecule has 0 aromatic carbocycles. The molecule has 1 aliphatic heterocycles. The topological polar surface area (TPSA) is 6.48 Å². The molecular formula is C11H16Cl2N2. The minimum absolute atomic E-state index is 0.146. The van der Waals surface area contributed by atoms with Crippen LogP contribution in [0, 0.1) is 0 Å². The summed E-state index contributed by atoms with van der Waals surface area (Å²) in [6.07, 6.45) is 7.88. The van der Waals surface area contributed by atoms with Gasteiger partial charge < -0.3 is 4.90 Å². The molecule has 0 aromatic rings. The molecule has 2 atom stereocenters. The fraction of sp³-hybridized carbons (Fsp3) is 0.636. The van der Waals surface area contributed by atoms with Gasteiger partial charge in [0.1, 0.15) is 5.00 Å². The van der Waals surface area contributed by atoms with Crippen LogP contribution in [0.2, 0.25) is 0 Å². The Morgan fingerprint density at radius 3 is 2.47 bits per heavy atom. The number of piperazine rings is 1. The number of allylic oxidation sites excluding steroid dienone is 2. The second kappa shape index (κ2) is 4.46. The van der Waals surface area contributed by atoms with E-state index in [1.807, 2.05) is 24.3 Å². The lowest BCUT2D eigenvalue weighted by Crippen LogP contribution is -2.56. The zero-order chi connectivity index (χ0) is 10.9. The van der Waals surface area contributed by atoms with Gasteiger partial charge in [0.2, 0.25) is 0 Å². The maximum Gasteiger partial charge on any atom is 0.135 e. The van der Waals surface area contributed by atoms with Crippen LogP contribution >= 0.6 is 23.2 Å². The Hall–Kier alpha value is -0.0200. The molecule has 4 heteroatoms. The average molecular weight is 247 g/mol.